The van der Waals surface area contributed by atoms with Crippen LogP contribution in [0, 0.1) is 20.2 Å². The van der Waals surface area contributed by atoms with Crippen molar-refractivity contribution in [1.82, 2.24) is 0 Å². The van der Waals surface area contributed by atoms with E-state index in [0.29, 0.717) is 0 Å². The number of benzene rings is 1. The molecule has 0 saturated heterocycles. The van der Waals surface area contributed by atoms with Crippen LogP contribution in [0.4, 0.5) is 11.4 Å². The van der Waals surface area contributed by atoms with Crippen LogP contribution in [0.15, 0.2) is 30.4 Å². The Bertz CT molecular complexity index is 505. The van der Waals surface area contributed by atoms with Crippen LogP contribution < -0.4 is 4.74 Å². The number of esters is 1. The van der Waals surface area contributed by atoms with Gasteiger partial charge in [-0.25, -0.2) is 4.79 Å². The summed E-state index contributed by atoms with van der Waals surface area (Å²) in [5, 5.41) is 21.4. The molecule has 0 radical (unpaired) electrons. The summed E-state index contributed by atoms with van der Waals surface area (Å²) < 4.78 is 4.63. The SMILES string of the molecule is C/C=C/C(=O)Oc1c([N+](=O)[O-])cccc1[N+](=O)[O-]. The predicted molar refractivity (Wildman–Crippen MR) is 60.2 cm³/mol. The number of hydrogen-bond acceptors (Lipinski definition) is 6. The highest BCUT2D eigenvalue weighted by atomic mass is 16.6. The minimum atomic E-state index is -0.921. The molecule has 1 rings (SSSR count). The molecule has 1 aromatic rings. The van der Waals surface area contributed by atoms with Crippen LogP contribution in [0.3, 0.4) is 0 Å². The summed E-state index contributed by atoms with van der Waals surface area (Å²) in [6.45, 7) is 1.54. The molecule has 8 nitrogen and oxygen atoms in total. The Morgan fingerprint density at radius 1 is 1.22 bits per heavy atom. The maximum absolute atomic E-state index is 11.2. The van der Waals surface area contributed by atoms with Gasteiger partial charge >= 0.3 is 17.3 Å². The number of nitro groups is 2. The number of hydrogen-bond donors (Lipinski definition) is 0. The number of para-hydroxylation sites is 1. The Morgan fingerprint density at radius 3 is 2.11 bits per heavy atom. The van der Waals surface area contributed by atoms with Gasteiger partial charge in [-0.1, -0.05) is 6.08 Å². The van der Waals surface area contributed by atoms with Gasteiger partial charge in [0.25, 0.3) is 5.75 Å². The van der Waals surface area contributed by atoms with Gasteiger partial charge in [-0.15, -0.1) is 0 Å². The quantitative estimate of drug-likeness (QED) is 0.266. The molecule has 18 heavy (non-hydrogen) atoms. The van der Waals surface area contributed by atoms with Gasteiger partial charge in [0.15, 0.2) is 0 Å². The minimum absolute atomic E-state index is 0.637. The third-order valence-corrected chi connectivity index (χ3v) is 1.87. The lowest BCUT2D eigenvalue weighted by atomic mass is 10.2. The molecule has 0 N–H and O–H groups in total. The molecule has 0 aromatic heterocycles. The van der Waals surface area contributed by atoms with Crippen molar-refractivity contribution in [1.29, 1.82) is 0 Å². The van der Waals surface area contributed by atoms with Crippen molar-refractivity contribution in [2.24, 2.45) is 0 Å². The summed E-state index contributed by atoms with van der Waals surface area (Å²) >= 11 is 0. The molecular weight excluding hydrogens is 244 g/mol. The van der Waals surface area contributed by atoms with Crippen molar-refractivity contribution >= 4 is 17.3 Å². The second-order valence-corrected chi connectivity index (χ2v) is 3.06. The van der Waals surface area contributed by atoms with E-state index in [1.165, 1.54) is 13.0 Å². The van der Waals surface area contributed by atoms with E-state index >= 15 is 0 Å². The summed E-state index contributed by atoms with van der Waals surface area (Å²) in [5.41, 5.74) is -1.27. The number of carbonyl (C=O) groups excluding carboxylic acids is 1. The summed E-state index contributed by atoms with van der Waals surface area (Å²) in [5.74, 6) is -1.59. The lowest BCUT2D eigenvalue weighted by molar-refractivity contribution is -0.395. The Balaban J connectivity index is 3.31. The van der Waals surface area contributed by atoms with E-state index in [0.717, 1.165) is 24.3 Å². The fourth-order valence-electron chi connectivity index (χ4n) is 1.18. The summed E-state index contributed by atoms with van der Waals surface area (Å²) in [7, 11) is 0. The van der Waals surface area contributed by atoms with E-state index in [1.54, 1.807) is 0 Å². The van der Waals surface area contributed by atoms with Crippen molar-refractivity contribution in [3.05, 3.63) is 50.6 Å². The fraction of sp³-hybridized carbons (Fsp3) is 0.100. The van der Waals surface area contributed by atoms with E-state index in [4.69, 9.17) is 0 Å². The molecule has 94 valence electrons. The number of rotatable bonds is 4. The van der Waals surface area contributed by atoms with Gasteiger partial charge in [-0.2, -0.15) is 0 Å². The average molecular weight is 252 g/mol. The van der Waals surface area contributed by atoms with Gasteiger partial charge < -0.3 is 4.74 Å². The zero-order chi connectivity index (χ0) is 13.7. The molecule has 0 atom stereocenters. The number of nitrogens with zero attached hydrogens (tertiary/aromatic N) is 2. The first-order chi connectivity index (χ1) is 8.47. The topological polar surface area (TPSA) is 113 Å². The second kappa shape index (κ2) is 5.53. The van der Waals surface area contributed by atoms with Gasteiger partial charge in [0.2, 0.25) is 0 Å². The smallest absolute Gasteiger partial charge is 0.336 e. The number of allylic oxidation sites excluding steroid dienone is 1. The summed E-state index contributed by atoms with van der Waals surface area (Å²) in [4.78, 5) is 30.9. The first-order valence-corrected chi connectivity index (χ1v) is 4.73. The molecule has 0 unspecified atom stereocenters. The van der Waals surface area contributed by atoms with Crippen LogP contribution >= 0.6 is 0 Å². The summed E-state index contributed by atoms with van der Waals surface area (Å²) in [6.07, 6.45) is 2.35. The van der Waals surface area contributed by atoms with Crippen LogP contribution in [0.5, 0.6) is 5.75 Å². The number of carbonyl (C=O) groups is 1. The third-order valence-electron chi connectivity index (χ3n) is 1.87. The Labute approximate surface area is 101 Å². The molecular formula is C10H8N2O6. The van der Waals surface area contributed by atoms with Crippen LogP contribution in [0.25, 0.3) is 0 Å². The molecule has 0 saturated carbocycles. The Kier molecular flexibility index (Phi) is 4.08. The zero-order valence-electron chi connectivity index (χ0n) is 9.23. The van der Waals surface area contributed by atoms with E-state index < -0.39 is 32.9 Å². The first kappa shape index (κ1) is 13.3. The highest BCUT2D eigenvalue weighted by Crippen LogP contribution is 2.36. The largest absolute Gasteiger partial charge is 0.409 e. The molecule has 0 aliphatic heterocycles. The fourth-order valence-corrected chi connectivity index (χ4v) is 1.18. The Hall–Kier alpha value is -2.77. The monoisotopic (exact) mass is 252 g/mol. The molecule has 0 aliphatic carbocycles. The molecule has 1 aromatic carbocycles. The third kappa shape index (κ3) is 2.88. The van der Waals surface area contributed by atoms with Gasteiger partial charge in [0, 0.05) is 18.2 Å². The van der Waals surface area contributed by atoms with Crippen molar-refractivity contribution in [2.45, 2.75) is 6.92 Å². The highest BCUT2D eigenvalue weighted by Gasteiger charge is 2.27. The number of nitro benzene ring substituents is 2. The van der Waals surface area contributed by atoms with Crippen molar-refractivity contribution < 1.29 is 19.4 Å². The van der Waals surface area contributed by atoms with E-state index in [2.05, 4.69) is 4.74 Å². The minimum Gasteiger partial charge on any atom is -0.409 e. The number of ether oxygens (including phenoxy) is 1. The molecule has 0 aliphatic rings. The molecule has 0 bridgehead atoms. The highest BCUT2D eigenvalue weighted by molar-refractivity contribution is 5.85. The van der Waals surface area contributed by atoms with Crippen LogP contribution in [-0.4, -0.2) is 15.8 Å². The van der Waals surface area contributed by atoms with Crippen LogP contribution in [0.2, 0.25) is 0 Å². The van der Waals surface area contributed by atoms with Gasteiger partial charge in [-0.05, 0) is 13.0 Å². The second-order valence-electron chi connectivity index (χ2n) is 3.06. The first-order valence-electron chi connectivity index (χ1n) is 4.73. The molecule has 0 fully saturated rings. The predicted octanol–water partition coefficient (Wildman–Crippen LogP) is 1.98. The van der Waals surface area contributed by atoms with Gasteiger partial charge in [0.1, 0.15) is 0 Å². The normalized spacial score (nSPS) is 10.3. The standard InChI is InChI=1S/C10H8N2O6/c1-2-4-9(13)18-10-7(11(14)15)5-3-6-8(10)12(16)17/h2-6H,1H3/b4-2+. The van der Waals surface area contributed by atoms with Crippen molar-refractivity contribution in [3.63, 3.8) is 0 Å². The van der Waals surface area contributed by atoms with Gasteiger partial charge in [0.05, 0.1) is 9.85 Å². The van der Waals surface area contributed by atoms with Crippen LogP contribution in [0.1, 0.15) is 6.92 Å². The maximum Gasteiger partial charge on any atom is 0.336 e. The maximum atomic E-state index is 11.2. The molecule has 0 heterocycles. The van der Waals surface area contributed by atoms with E-state index in [1.807, 2.05) is 0 Å². The van der Waals surface area contributed by atoms with Gasteiger partial charge in [-0.3, -0.25) is 20.2 Å². The van der Waals surface area contributed by atoms with E-state index in [-0.39, 0.29) is 0 Å². The Morgan fingerprint density at radius 2 is 1.72 bits per heavy atom. The zero-order valence-corrected chi connectivity index (χ0v) is 9.23. The lowest BCUT2D eigenvalue weighted by Gasteiger charge is -2.03. The van der Waals surface area contributed by atoms with Crippen molar-refractivity contribution in [2.75, 3.05) is 0 Å². The van der Waals surface area contributed by atoms with Crippen LogP contribution in [-0.2, 0) is 4.79 Å². The summed E-state index contributed by atoms with van der Waals surface area (Å²) in [6, 6.07) is 3.18. The lowest BCUT2D eigenvalue weighted by Crippen LogP contribution is -2.08. The molecule has 8 heteroatoms. The average Bonchev–Trinajstić information content (AvgIpc) is 2.28. The van der Waals surface area contributed by atoms with E-state index in [9.17, 15) is 25.0 Å². The van der Waals surface area contributed by atoms with Crippen molar-refractivity contribution in [3.8, 4) is 5.75 Å². The molecule has 0 amide bonds. The molecule has 0 spiro atoms.